The molecule has 1 fully saturated rings. The van der Waals surface area contributed by atoms with Crippen molar-refractivity contribution >= 4 is 75.4 Å². The molecule has 0 bridgehead atoms. The van der Waals surface area contributed by atoms with E-state index in [0.717, 1.165) is 16.7 Å². The summed E-state index contributed by atoms with van der Waals surface area (Å²) < 4.78 is -0.00761. The molecule has 10 heteroatoms. The molecule has 0 radical (unpaired) electrons. The number of hydrogen-bond acceptors (Lipinski definition) is 6. The fraction of sp³-hybridized carbons (Fsp3) is 0.143. The van der Waals surface area contributed by atoms with Crippen LogP contribution in [0.25, 0.3) is 6.08 Å². The molecule has 1 aromatic carbocycles. The van der Waals surface area contributed by atoms with Gasteiger partial charge in [0.25, 0.3) is 5.91 Å². The van der Waals surface area contributed by atoms with Gasteiger partial charge in [0, 0.05) is 10.0 Å². The number of nitrogens with two attached hydrogens (primary N) is 1. The van der Waals surface area contributed by atoms with Crippen molar-refractivity contribution in [2.75, 3.05) is 0 Å². The lowest BCUT2D eigenvalue weighted by Gasteiger charge is -2.26. The first-order valence-electron chi connectivity index (χ1n) is 6.42. The Kier molecular flexibility index (Phi) is 5.87. The highest BCUT2D eigenvalue weighted by Crippen LogP contribution is 2.35. The molecule has 1 atom stereocenters. The largest absolute Gasteiger partial charge is 0.548 e. The predicted octanol–water partition coefficient (Wildman–Crippen LogP) is 1.19. The van der Waals surface area contributed by atoms with Crippen LogP contribution in [0.3, 0.4) is 0 Å². The van der Waals surface area contributed by atoms with Gasteiger partial charge in [0.15, 0.2) is 0 Å². The Bertz CT molecular complexity index is 782. The maximum atomic E-state index is 12.5. The molecule has 1 heterocycles. The first kappa shape index (κ1) is 18.7. The number of primary amides is 1. The molecule has 0 aliphatic carbocycles. The zero-order chi connectivity index (χ0) is 18.0. The maximum Gasteiger partial charge on any atom is 0.266 e. The van der Waals surface area contributed by atoms with E-state index in [1.165, 1.54) is 12.1 Å². The van der Waals surface area contributed by atoms with E-state index >= 15 is 0 Å². The van der Waals surface area contributed by atoms with Crippen LogP contribution in [-0.4, -0.2) is 33.0 Å². The van der Waals surface area contributed by atoms with Gasteiger partial charge in [-0.2, -0.15) is 0 Å². The molecule has 0 saturated carbocycles. The van der Waals surface area contributed by atoms with E-state index in [4.69, 9.17) is 41.2 Å². The number of thiocarbonyl (C=S) groups is 1. The third-order valence-corrected chi connectivity index (χ3v) is 4.94. The van der Waals surface area contributed by atoms with E-state index in [1.807, 2.05) is 0 Å². The van der Waals surface area contributed by atoms with Crippen LogP contribution in [0, 0.1) is 0 Å². The SMILES string of the molecule is NC(=O)C[C@@H](C(=O)[O-])N1C(=O)/C(=C/c2ccc(Cl)cc2Cl)SC1=S. The molecule has 6 nitrogen and oxygen atoms in total. The number of carboxylic acid groups (broad SMARTS) is 1. The number of aliphatic carboxylic acids is 1. The molecule has 2 amide bonds. The number of carboxylic acids is 1. The van der Waals surface area contributed by atoms with E-state index in [-0.39, 0.29) is 9.23 Å². The van der Waals surface area contributed by atoms with Gasteiger partial charge in [-0.05, 0) is 23.8 Å². The van der Waals surface area contributed by atoms with Crippen LogP contribution in [-0.2, 0) is 14.4 Å². The molecule has 1 saturated heterocycles. The lowest BCUT2D eigenvalue weighted by Crippen LogP contribution is -2.51. The third-order valence-electron chi connectivity index (χ3n) is 3.05. The van der Waals surface area contributed by atoms with Crippen LogP contribution in [0.4, 0.5) is 0 Å². The first-order valence-corrected chi connectivity index (χ1v) is 8.40. The second-order valence-electron chi connectivity index (χ2n) is 4.72. The Hall–Kier alpha value is -1.61. The van der Waals surface area contributed by atoms with Crippen molar-refractivity contribution in [2.24, 2.45) is 5.73 Å². The highest BCUT2D eigenvalue weighted by Gasteiger charge is 2.38. The summed E-state index contributed by atoms with van der Waals surface area (Å²) in [6.45, 7) is 0. The van der Waals surface area contributed by atoms with Crippen LogP contribution in [0.1, 0.15) is 12.0 Å². The number of carbonyl (C=O) groups is 3. The molecule has 0 aromatic heterocycles. The van der Waals surface area contributed by atoms with E-state index in [1.54, 1.807) is 12.1 Å². The fourth-order valence-corrected chi connectivity index (χ4v) is 3.79. The van der Waals surface area contributed by atoms with Gasteiger partial charge in [-0.1, -0.05) is 53.2 Å². The normalized spacial score (nSPS) is 17.4. The average molecular weight is 404 g/mol. The molecule has 0 unspecified atom stereocenters. The summed E-state index contributed by atoms with van der Waals surface area (Å²) in [6.07, 6.45) is 0.873. The van der Waals surface area contributed by atoms with Gasteiger partial charge in [0.1, 0.15) is 4.32 Å². The van der Waals surface area contributed by atoms with Crippen LogP contribution in [0.2, 0.25) is 10.0 Å². The molecular weight excluding hydrogens is 395 g/mol. The molecule has 1 aliphatic heterocycles. The minimum Gasteiger partial charge on any atom is -0.548 e. The molecule has 2 rings (SSSR count). The van der Waals surface area contributed by atoms with E-state index in [0.29, 0.717) is 15.6 Å². The van der Waals surface area contributed by atoms with Crippen LogP contribution < -0.4 is 10.8 Å². The minimum atomic E-state index is -1.61. The molecule has 126 valence electrons. The summed E-state index contributed by atoms with van der Waals surface area (Å²) in [7, 11) is 0. The number of nitrogens with zero attached hydrogens (tertiary/aromatic N) is 1. The molecular formula is C14H9Cl2N2O4S2-. The number of rotatable bonds is 5. The number of halogens is 2. The molecule has 0 spiro atoms. The summed E-state index contributed by atoms with van der Waals surface area (Å²) in [6, 6.07) is 3.15. The topological polar surface area (TPSA) is 104 Å². The zero-order valence-electron chi connectivity index (χ0n) is 11.8. The first-order chi connectivity index (χ1) is 11.2. The molecule has 24 heavy (non-hydrogen) atoms. The predicted molar refractivity (Wildman–Crippen MR) is 94.1 cm³/mol. The lowest BCUT2D eigenvalue weighted by molar-refractivity contribution is -0.310. The smallest absolute Gasteiger partial charge is 0.266 e. The van der Waals surface area contributed by atoms with Gasteiger partial charge in [0.05, 0.1) is 23.3 Å². The van der Waals surface area contributed by atoms with Gasteiger partial charge in [-0.25, -0.2) is 0 Å². The number of benzene rings is 1. The third kappa shape index (κ3) is 4.07. The van der Waals surface area contributed by atoms with Gasteiger partial charge in [0.2, 0.25) is 5.91 Å². The average Bonchev–Trinajstić information content (AvgIpc) is 2.74. The Morgan fingerprint density at radius 1 is 1.42 bits per heavy atom. The Morgan fingerprint density at radius 2 is 2.08 bits per heavy atom. The van der Waals surface area contributed by atoms with Crippen LogP contribution >= 0.6 is 47.2 Å². The number of carbonyl (C=O) groups excluding carboxylic acids is 3. The Labute approximate surface area is 156 Å². The van der Waals surface area contributed by atoms with E-state index in [9.17, 15) is 19.5 Å². The zero-order valence-corrected chi connectivity index (χ0v) is 15.0. The van der Waals surface area contributed by atoms with Gasteiger partial charge < -0.3 is 15.6 Å². The highest BCUT2D eigenvalue weighted by molar-refractivity contribution is 8.26. The second kappa shape index (κ2) is 7.52. The summed E-state index contributed by atoms with van der Waals surface area (Å²) in [5.74, 6) is -3.16. The highest BCUT2D eigenvalue weighted by atomic mass is 35.5. The number of thioether (sulfide) groups is 1. The molecule has 1 aliphatic rings. The van der Waals surface area contributed by atoms with Crippen LogP contribution in [0.15, 0.2) is 23.1 Å². The van der Waals surface area contributed by atoms with E-state index < -0.39 is 30.2 Å². The summed E-state index contributed by atoms with van der Waals surface area (Å²) >= 11 is 17.8. The standard InChI is InChI=1S/C14H10Cl2N2O4S2/c15-7-2-1-6(8(16)4-7)3-10-12(20)18(14(23)24-10)9(13(21)22)5-11(17)19/h1-4,9H,5H2,(H2,17,19)(H,21,22)/p-1/b10-3-/t9-/m0/s1. The van der Waals surface area contributed by atoms with Gasteiger partial charge in [-0.3, -0.25) is 14.5 Å². The molecule has 2 N–H and O–H groups in total. The Morgan fingerprint density at radius 3 is 2.62 bits per heavy atom. The van der Waals surface area contributed by atoms with Gasteiger partial charge >= 0.3 is 0 Å². The summed E-state index contributed by atoms with van der Waals surface area (Å²) in [5.41, 5.74) is 5.53. The fourth-order valence-electron chi connectivity index (χ4n) is 1.98. The van der Waals surface area contributed by atoms with Crippen molar-refractivity contribution in [3.63, 3.8) is 0 Å². The Balaban J connectivity index is 2.35. The quantitative estimate of drug-likeness (QED) is 0.584. The van der Waals surface area contributed by atoms with Crippen LogP contribution in [0.5, 0.6) is 0 Å². The van der Waals surface area contributed by atoms with Gasteiger partial charge in [-0.15, -0.1) is 0 Å². The number of amides is 2. The lowest BCUT2D eigenvalue weighted by atomic mass is 10.1. The second-order valence-corrected chi connectivity index (χ2v) is 7.24. The monoisotopic (exact) mass is 403 g/mol. The minimum absolute atomic E-state index is 0.00761. The summed E-state index contributed by atoms with van der Waals surface area (Å²) in [4.78, 5) is 35.7. The van der Waals surface area contributed by atoms with Crippen molar-refractivity contribution in [1.82, 2.24) is 4.90 Å². The number of hydrogen-bond donors (Lipinski definition) is 1. The van der Waals surface area contributed by atoms with Crippen molar-refractivity contribution in [1.29, 1.82) is 0 Å². The van der Waals surface area contributed by atoms with Crippen molar-refractivity contribution in [3.8, 4) is 0 Å². The van der Waals surface area contributed by atoms with Crippen molar-refractivity contribution < 1.29 is 19.5 Å². The van der Waals surface area contributed by atoms with Crippen molar-refractivity contribution in [2.45, 2.75) is 12.5 Å². The molecule has 1 aromatic rings. The van der Waals surface area contributed by atoms with E-state index in [2.05, 4.69) is 0 Å². The maximum absolute atomic E-state index is 12.5. The van der Waals surface area contributed by atoms with Crippen molar-refractivity contribution in [3.05, 3.63) is 38.7 Å². The summed E-state index contributed by atoms with van der Waals surface area (Å²) in [5, 5.41) is 12.0.